The number of pyridine rings is 1. The Morgan fingerprint density at radius 1 is 1.29 bits per heavy atom. The normalized spacial score (nSPS) is 11.0. The van der Waals surface area contributed by atoms with Crippen LogP contribution < -0.4 is 21.3 Å². The van der Waals surface area contributed by atoms with Crippen LogP contribution in [0.25, 0.3) is 10.9 Å². The largest absolute Gasteiger partial charge is 0.496 e. The summed E-state index contributed by atoms with van der Waals surface area (Å²) in [5.74, 6) is 1.69. The first kappa shape index (κ1) is 19.9. The van der Waals surface area contributed by atoms with Crippen LogP contribution >= 0.6 is 11.6 Å². The number of methoxy groups -OCH3 is 1. The zero-order valence-corrected chi connectivity index (χ0v) is 16.8. The summed E-state index contributed by atoms with van der Waals surface area (Å²) in [7, 11) is 1.60. The molecule has 0 bridgehead atoms. The molecule has 1 aromatic carbocycles. The molecule has 0 aliphatic carbocycles. The maximum Gasteiger partial charge on any atom is 0.264 e. The Labute approximate surface area is 168 Å². The standard InChI is InChI=1S/C20H24ClN5O2/c1-3-4-8-23-18-17-15(24-20(22)25-18)7-9-26(19(17)27)12-13-5-6-14(11-21)16(10-13)28-2/h5-7,9-10H,3-4,8,11-12H2,1-2H3,(H3,22,23,24,25). The predicted molar refractivity (Wildman–Crippen MR) is 113 cm³/mol. The molecule has 8 heteroatoms. The molecule has 3 rings (SSSR count). The summed E-state index contributed by atoms with van der Waals surface area (Å²) in [5, 5.41) is 3.66. The number of ether oxygens (including phenoxy) is 1. The van der Waals surface area contributed by atoms with Crippen molar-refractivity contribution in [1.29, 1.82) is 0 Å². The summed E-state index contributed by atoms with van der Waals surface area (Å²) in [5.41, 5.74) is 8.01. The fourth-order valence-corrected chi connectivity index (χ4v) is 3.25. The molecule has 0 unspecified atom stereocenters. The van der Waals surface area contributed by atoms with Gasteiger partial charge in [-0.2, -0.15) is 4.98 Å². The number of nitrogens with zero attached hydrogens (tertiary/aromatic N) is 3. The first-order chi connectivity index (χ1) is 13.6. The number of aromatic nitrogens is 3. The maximum absolute atomic E-state index is 13.1. The molecular formula is C20H24ClN5O2. The van der Waals surface area contributed by atoms with Gasteiger partial charge < -0.3 is 20.4 Å². The van der Waals surface area contributed by atoms with Crippen molar-refractivity contribution < 1.29 is 4.74 Å². The molecular weight excluding hydrogens is 378 g/mol. The highest BCUT2D eigenvalue weighted by molar-refractivity contribution is 6.17. The molecule has 2 aromatic heterocycles. The third-order valence-corrected chi connectivity index (χ3v) is 4.80. The van der Waals surface area contributed by atoms with Crippen LogP contribution in [0.4, 0.5) is 11.8 Å². The Bertz CT molecular complexity index is 1040. The third kappa shape index (κ3) is 4.20. The maximum atomic E-state index is 13.1. The van der Waals surface area contributed by atoms with Crippen LogP contribution in [-0.4, -0.2) is 28.2 Å². The molecule has 7 nitrogen and oxygen atoms in total. The van der Waals surface area contributed by atoms with Gasteiger partial charge in [0.2, 0.25) is 5.95 Å². The number of nitrogen functional groups attached to an aromatic ring is 1. The van der Waals surface area contributed by atoms with Crippen LogP contribution in [0.2, 0.25) is 0 Å². The van der Waals surface area contributed by atoms with E-state index < -0.39 is 0 Å². The fraction of sp³-hybridized carbons (Fsp3) is 0.350. The van der Waals surface area contributed by atoms with E-state index in [4.69, 9.17) is 22.1 Å². The van der Waals surface area contributed by atoms with Gasteiger partial charge in [-0.15, -0.1) is 11.6 Å². The molecule has 0 aliphatic rings. The molecule has 148 valence electrons. The van der Waals surface area contributed by atoms with Crippen molar-refractivity contribution in [1.82, 2.24) is 14.5 Å². The van der Waals surface area contributed by atoms with Crippen LogP contribution in [0.3, 0.4) is 0 Å². The lowest BCUT2D eigenvalue weighted by Gasteiger charge is -2.13. The Morgan fingerprint density at radius 3 is 2.82 bits per heavy atom. The van der Waals surface area contributed by atoms with Gasteiger partial charge >= 0.3 is 0 Å². The summed E-state index contributed by atoms with van der Waals surface area (Å²) in [4.78, 5) is 21.6. The lowest BCUT2D eigenvalue weighted by Crippen LogP contribution is -2.22. The zero-order chi connectivity index (χ0) is 20.1. The minimum atomic E-state index is -0.170. The Morgan fingerprint density at radius 2 is 2.11 bits per heavy atom. The topological polar surface area (TPSA) is 95.1 Å². The van der Waals surface area contributed by atoms with E-state index in [0.29, 0.717) is 41.4 Å². The molecule has 28 heavy (non-hydrogen) atoms. The van der Waals surface area contributed by atoms with Crippen LogP contribution in [0.5, 0.6) is 5.75 Å². The summed E-state index contributed by atoms with van der Waals surface area (Å²) in [6, 6.07) is 7.53. The van der Waals surface area contributed by atoms with Crippen molar-refractivity contribution in [3.05, 3.63) is 51.9 Å². The summed E-state index contributed by atoms with van der Waals surface area (Å²) in [6.45, 7) is 3.21. The van der Waals surface area contributed by atoms with Gasteiger partial charge in [0.1, 0.15) is 17.0 Å². The van der Waals surface area contributed by atoms with Crippen molar-refractivity contribution in [3.8, 4) is 5.75 Å². The lowest BCUT2D eigenvalue weighted by molar-refractivity contribution is 0.410. The highest BCUT2D eigenvalue weighted by atomic mass is 35.5. The second-order valence-corrected chi connectivity index (χ2v) is 6.77. The van der Waals surface area contributed by atoms with Crippen molar-refractivity contribution in [2.45, 2.75) is 32.2 Å². The van der Waals surface area contributed by atoms with Crippen LogP contribution in [0, 0.1) is 0 Å². The molecule has 0 spiro atoms. The van der Waals surface area contributed by atoms with Gasteiger partial charge in [0.05, 0.1) is 25.1 Å². The highest BCUT2D eigenvalue weighted by Crippen LogP contribution is 2.23. The number of nitrogens with one attached hydrogen (secondary N) is 1. The molecule has 3 N–H and O–H groups in total. The first-order valence-corrected chi connectivity index (χ1v) is 9.73. The molecule has 3 aromatic rings. The molecule has 0 amide bonds. The monoisotopic (exact) mass is 401 g/mol. The average molecular weight is 402 g/mol. The predicted octanol–water partition coefficient (Wildman–Crippen LogP) is 3.38. The number of alkyl halides is 1. The number of benzene rings is 1. The minimum Gasteiger partial charge on any atom is -0.496 e. The summed E-state index contributed by atoms with van der Waals surface area (Å²) in [6.07, 6.45) is 3.73. The number of unbranched alkanes of at least 4 members (excludes halogenated alkanes) is 1. The van der Waals surface area contributed by atoms with Gasteiger partial charge in [0.15, 0.2) is 0 Å². The molecule has 2 heterocycles. The fourth-order valence-electron chi connectivity index (χ4n) is 3.03. The molecule has 0 atom stereocenters. The molecule has 0 saturated heterocycles. The van der Waals surface area contributed by atoms with Crippen LogP contribution in [0.15, 0.2) is 35.3 Å². The summed E-state index contributed by atoms with van der Waals surface area (Å²) < 4.78 is 7.01. The Balaban J connectivity index is 2.01. The second kappa shape index (κ2) is 8.93. The minimum absolute atomic E-state index is 0.144. The number of anilines is 2. The second-order valence-electron chi connectivity index (χ2n) is 6.50. The van der Waals surface area contributed by atoms with Crippen molar-refractivity contribution in [2.75, 3.05) is 24.7 Å². The van der Waals surface area contributed by atoms with Gasteiger partial charge in [0, 0.05) is 18.3 Å². The molecule has 0 saturated carbocycles. The van der Waals surface area contributed by atoms with E-state index in [1.165, 1.54) is 0 Å². The van der Waals surface area contributed by atoms with Gasteiger partial charge in [-0.3, -0.25) is 4.79 Å². The van der Waals surface area contributed by atoms with Crippen LogP contribution in [0.1, 0.15) is 30.9 Å². The van der Waals surface area contributed by atoms with Gasteiger partial charge in [-0.05, 0) is 24.1 Å². The molecule has 0 fully saturated rings. The Hall–Kier alpha value is -2.80. The zero-order valence-electron chi connectivity index (χ0n) is 16.0. The number of fused-ring (bicyclic) bond motifs is 1. The van der Waals surface area contributed by atoms with E-state index >= 15 is 0 Å². The van der Waals surface area contributed by atoms with Gasteiger partial charge in [0.25, 0.3) is 5.56 Å². The quantitative estimate of drug-likeness (QED) is 0.443. The number of nitrogens with two attached hydrogens (primary N) is 1. The van der Waals surface area contributed by atoms with Crippen molar-refractivity contribution in [2.24, 2.45) is 0 Å². The SMILES string of the molecule is CCCCNc1nc(N)nc2ccn(Cc3ccc(CCl)c(OC)c3)c(=O)c12. The van der Waals surface area contributed by atoms with Crippen molar-refractivity contribution in [3.63, 3.8) is 0 Å². The Kier molecular flexibility index (Phi) is 6.36. The number of hydrogen-bond donors (Lipinski definition) is 2. The van der Waals surface area contributed by atoms with E-state index in [-0.39, 0.29) is 11.5 Å². The average Bonchev–Trinajstić information content (AvgIpc) is 2.69. The van der Waals surface area contributed by atoms with Crippen molar-refractivity contribution >= 4 is 34.3 Å². The first-order valence-electron chi connectivity index (χ1n) is 9.19. The number of hydrogen-bond acceptors (Lipinski definition) is 6. The van der Waals surface area contributed by atoms with Gasteiger partial charge in [-0.25, -0.2) is 4.98 Å². The van der Waals surface area contributed by atoms with E-state index in [9.17, 15) is 4.79 Å². The van der Waals surface area contributed by atoms with E-state index in [1.807, 2.05) is 18.2 Å². The highest BCUT2D eigenvalue weighted by Gasteiger charge is 2.13. The summed E-state index contributed by atoms with van der Waals surface area (Å²) >= 11 is 5.93. The molecule has 0 radical (unpaired) electrons. The number of rotatable bonds is 8. The lowest BCUT2D eigenvalue weighted by atomic mass is 10.1. The number of halogens is 1. The van der Waals surface area contributed by atoms with Crippen LogP contribution in [-0.2, 0) is 12.4 Å². The molecule has 0 aliphatic heterocycles. The van der Waals surface area contributed by atoms with E-state index in [1.54, 1.807) is 23.9 Å². The third-order valence-electron chi connectivity index (χ3n) is 4.51. The smallest absolute Gasteiger partial charge is 0.264 e. The van der Waals surface area contributed by atoms with E-state index in [2.05, 4.69) is 22.2 Å². The van der Waals surface area contributed by atoms with Gasteiger partial charge in [-0.1, -0.05) is 25.5 Å². The van der Waals surface area contributed by atoms with E-state index in [0.717, 1.165) is 24.0 Å².